The van der Waals surface area contributed by atoms with E-state index in [-0.39, 0.29) is 25.3 Å². The van der Waals surface area contributed by atoms with Gasteiger partial charge in [-0.1, -0.05) is 30.3 Å². The van der Waals surface area contributed by atoms with Crippen LogP contribution in [0.4, 0.5) is 0 Å². The van der Waals surface area contributed by atoms with Crippen molar-refractivity contribution in [3.05, 3.63) is 35.9 Å². The zero-order chi connectivity index (χ0) is 11.4. The minimum absolute atomic E-state index is 0.184. The van der Waals surface area contributed by atoms with Crippen molar-refractivity contribution in [3.63, 3.8) is 0 Å². The molecule has 0 radical (unpaired) electrons. The first kappa shape index (κ1) is 11.6. The second kappa shape index (κ2) is 5.43. The van der Waals surface area contributed by atoms with E-state index in [0.29, 0.717) is 0 Å². The Morgan fingerprint density at radius 1 is 1.00 bits per heavy atom. The maximum Gasteiger partial charge on any atom is 0.0587 e. The monoisotopic (exact) mass is 221 g/mol. The van der Waals surface area contributed by atoms with Gasteiger partial charge in [0.15, 0.2) is 0 Å². The quantitative estimate of drug-likeness (QED) is 0.797. The van der Waals surface area contributed by atoms with Crippen LogP contribution in [-0.4, -0.2) is 40.4 Å². The molecule has 2 rings (SSSR count). The Balaban J connectivity index is 2.06. The molecule has 1 aliphatic heterocycles. The number of hydrogen-bond acceptors (Lipinski definition) is 3. The van der Waals surface area contributed by atoms with Crippen molar-refractivity contribution in [2.75, 3.05) is 13.2 Å². The molecule has 0 spiro atoms. The molecule has 3 nitrogen and oxygen atoms in total. The third kappa shape index (κ3) is 2.43. The van der Waals surface area contributed by atoms with Gasteiger partial charge in [-0.05, 0) is 18.4 Å². The summed E-state index contributed by atoms with van der Waals surface area (Å²) in [5.74, 6) is 0. The zero-order valence-electron chi connectivity index (χ0n) is 9.42. The predicted octanol–water partition coefficient (Wildman–Crippen LogP) is 1.00. The van der Waals surface area contributed by atoms with E-state index in [9.17, 15) is 10.2 Å². The van der Waals surface area contributed by atoms with Crippen molar-refractivity contribution in [2.24, 2.45) is 0 Å². The summed E-state index contributed by atoms with van der Waals surface area (Å²) >= 11 is 0. The van der Waals surface area contributed by atoms with Gasteiger partial charge in [0, 0.05) is 18.6 Å². The molecular formula is C13H19NO2. The van der Waals surface area contributed by atoms with Crippen molar-refractivity contribution in [3.8, 4) is 0 Å². The molecule has 0 saturated carbocycles. The summed E-state index contributed by atoms with van der Waals surface area (Å²) in [4.78, 5) is 2.22. The zero-order valence-corrected chi connectivity index (χ0v) is 9.42. The van der Waals surface area contributed by atoms with Crippen LogP contribution < -0.4 is 0 Å². The summed E-state index contributed by atoms with van der Waals surface area (Å²) in [6.45, 7) is 1.18. The number of benzene rings is 1. The molecule has 16 heavy (non-hydrogen) atoms. The van der Waals surface area contributed by atoms with Gasteiger partial charge < -0.3 is 10.2 Å². The largest absolute Gasteiger partial charge is 0.395 e. The second-order valence-electron chi connectivity index (χ2n) is 4.41. The van der Waals surface area contributed by atoms with Crippen molar-refractivity contribution in [1.29, 1.82) is 0 Å². The highest BCUT2D eigenvalue weighted by Crippen LogP contribution is 2.25. The average molecular weight is 221 g/mol. The molecule has 1 aromatic carbocycles. The molecule has 2 atom stereocenters. The van der Waals surface area contributed by atoms with Gasteiger partial charge in [0.05, 0.1) is 13.2 Å². The van der Waals surface area contributed by atoms with E-state index < -0.39 is 0 Å². The van der Waals surface area contributed by atoms with E-state index in [1.807, 2.05) is 18.2 Å². The van der Waals surface area contributed by atoms with Crippen LogP contribution in [0.2, 0.25) is 0 Å². The first-order valence-electron chi connectivity index (χ1n) is 5.86. The summed E-state index contributed by atoms with van der Waals surface area (Å²) in [6, 6.07) is 10.6. The van der Waals surface area contributed by atoms with Crippen molar-refractivity contribution in [1.82, 2.24) is 4.90 Å². The molecular weight excluding hydrogens is 202 g/mol. The summed E-state index contributed by atoms with van der Waals surface area (Å²) in [6.07, 6.45) is 1.96. The Labute approximate surface area is 96.3 Å². The van der Waals surface area contributed by atoms with Gasteiger partial charge >= 0.3 is 0 Å². The van der Waals surface area contributed by atoms with Crippen LogP contribution >= 0.6 is 0 Å². The molecule has 1 heterocycles. The first-order valence-corrected chi connectivity index (χ1v) is 5.86. The van der Waals surface area contributed by atoms with E-state index >= 15 is 0 Å². The van der Waals surface area contributed by atoms with E-state index in [0.717, 1.165) is 19.4 Å². The van der Waals surface area contributed by atoms with E-state index in [4.69, 9.17) is 0 Å². The molecule has 0 unspecified atom stereocenters. The molecule has 0 amide bonds. The molecule has 2 N–H and O–H groups in total. The normalized spacial score (nSPS) is 26.1. The number of likely N-dealkylation sites (tertiary alicyclic amines) is 1. The lowest BCUT2D eigenvalue weighted by Crippen LogP contribution is -2.39. The summed E-state index contributed by atoms with van der Waals surface area (Å²) in [5, 5.41) is 18.6. The van der Waals surface area contributed by atoms with Gasteiger partial charge in [0.25, 0.3) is 0 Å². The van der Waals surface area contributed by atoms with Crippen LogP contribution in [0.25, 0.3) is 0 Å². The van der Waals surface area contributed by atoms with Crippen LogP contribution in [0.15, 0.2) is 30.3 Å². The third-order valence-electron chi connectivity index (χ3n) is 3.40. The predicted molar refractivity (Wildman–Crippen MR) is 63.0 cm³/mol. The standard InChI is InChI=1S/C13H19NO2/c15-9-12-6-7-13(10-16)14(12)8-11-4-2-1-3-5-11/h1-5,12-13,15-16H,6-10H2/t12-,13-/m1/s1. The number of hydrogen-bond donors (Lipinski definition) is 2. The third-order valence-corrected chi connectivity index (χ3v) is 3.40. The highest BCUT2D eigenvalue weighted by Gasteiger charge is 2.32. The van der Waals surface area contributed by atoms with Crippen molar-refractivity contribution in [2.45, 2.75) is 31.5 Å². The summed E-state index contributed by atoms with van der Waals surface area (Å²) in [5.41, 5.74) is 1.24. The average Bonchev–Trinajstić information content (AvgIpc) is 2.72. The van der Waals surface area contributed by atoms with Crippen LogP contribution in [0, 0.1) is 0 Å². The van der Waals surface area contributed by atoms with Gasteiger partial charge in [0.1, 0.15) is 0 Å². The van der Waals surface area contributed by atoms with Crippen molar-refractivity contribution >= 4 is 0 Å². The van der Waals surface area contributed by atoms with Gasteiger partial charge in [0.2, 0.25) is 0 Å². The molecule has 3 heteroatoms. The minimum Gasteiger partial charge on any atom is -0.395 e. The molecule has 1 aromatic rings. The second-order valence-corrected chi connectivity index (χ2v) is 4.41. The summed E-state index contributed by atoms with van der Waals surface area (Å²) in [7, 11) is 0. The molecule has 1 fully saturated rings. The molecule has 1 aliphatic rings. The topological polar surface area (TPSA) is 43.7 Å². The maximum atomic E-state index is 9.30. The highest BCUT2D eigenvalue weighted by molar-refractivity contribution is 5.15. The Morgan fingerprint density at radius 2 is 1.56 bits per heavy atom. The molecule has 0 aliphatic carbocycles. The van der Waals surface area contributed by atoms with Crippen LogP contribution in [-0.2, 0) is 6.54 Å². The van der Waals surface area contributed by atoms with Gasteiger partial charge in [-0.2, -0.15) is 0 Å². The Kier molecular flexibility index (Phi) is 3.93. The molecule has 0 bridgehead atoms. The van der Waals surface area contributed by atoms with Crippen LogP contribution in [0.3, 0.4) is 0 Å². The van der Waals surface area contributed by atoms with Gasteiger partial charge in [-0.3, -0.25) is 4.90 Å². The fourth-order valence-corrected chi connectivity index (χ4v) is 2.46. The Bertz CT molecular complexity index is 303. The minimum atomic E-state index is 0.184. The van der Waals surface area contributed by atoms with Crippen molar-refractivity contribution < 1.29 is 10.2 Å². The van der Waals surface area contributed by atoms with E-state index in [2.05, 4.69) is 17.0 Å². The highest BCUT2D eigenvalue weighted by atomic mass is 16.3. The lowest BCUT2D eigenvalue weighted by Gasteiger charge is -2.28. The smallest absolute Gasteiger partial charge is 0.0587 e. The molecule has 88 valence electrons. The number of nitrogens with zero attached hydrogens (tertiary/aromatic N) is 1. The Morgan fingerprint density at radius 3 is 2.06 bits per heavy atom. The fourth-order valence-electron chi connectivity index (χ4n) is 2.46. The lowest BCUT2D eigenvalue weighted by molar-refractivity contribution is 0.0903. The number of aliphatic hydroxyl groups is 2. The fraction of sp³-hybridized carbons (Fsp3) is 0.538. The molecule has 0 aromatic heterocycles. The van der Waals surface area contributed by atoms with Gasteiger partial charge in [-0.25, -0.2) is 0 Å². The Hall–Kier alpha value is -0.900. The van der Waals surface area contributed by atoms with E-state index in [1.165, 1.54) is 5.56 Å². The van der Waals surface area contributed by atoms with Gasteiger partial charge in [-0.15, -0.1) is 0 Å². The van der Waals surface area contributed by atoms with Crippen LogP contribution in [0.5, 0.6) is 0 Å². The molecule has 1 saturated heterocycles. The maximum absolute atomic E-state index is 9.30. The number of aliphatic hydroxyl groups excluding tert-OH is 2. The SMILES string of the molecule is OC[C@H]1CC[C@H](CO)N1Cc1ccccc1. The summed E-state index contributed by atoms with van der Waals surface area (Å²) < 4.78 is 0. The van der Waals surface area contributed by atoms with E-state index in [1.54, 1.807) is 0 Å². The first-order chi connectivity index (χ1) is 7.85. The van der Waals surface area contributed by atoms with Crippen LogP contribution in [0.1, 0.15) is 18.4 Å². The number of rotatable bonds is 4. The lowest BCUT2D eigenvalue weighted by atomic mass is 10.2.